The average Bonchev–Trinajstić information content (AvgIpc) is 2.65. The number of nitrogen functional groups attached to an aromatic ring is 1. The average molecular weight is 372 g/mol. The number of carbonyl (C=O) groups excluding carboxylic acids is 1. The van der Waals surface area contributed by atoms with Crippen LogP contribution in [0.25, 0.3) is 0 Å². The fourth-order valence-electron chi connectivity index (χ4n) is 2.44. The Hall–Kier alpha value is -2.96. The summed E-state index contributed by atoms with van der Waals surface area (Å²) in [6.45, 7) is 5.33. The normalized spacial score (nSPS) is 10.5. The first kappa shape index (κ1) is 20.4. The largest absolute Gasteiger partial charge is 0.493 e. The third-order valence-electron chi connectivity index (χ3n) is 3.91. The summed E-state index contributed by atoms with van der Waals surface area (Å²) in [6, 6.07) is 8.50. The zero-order chi connectivity index (χ0) is 19.6. The van der Waals surface area contributed by atoms with Crippen LogP contribution in [0.4, 0.5) is 16.3 Å². The summed E-state index contributed by atoms with van der Waals surface area (Å²) >= 11 is 0. The number of ether oxygens (including phenoxy) is 2. The molecule has 4 N–H and O–H groups in total. The molecule has 0 fully saturated rings. The van der Waals surface area contributed by atoms with E-state index in [-0.39, 0.29) is 6.03 Å². The molecule has 2 aromatic rings. The van der Waals surface area contributed by atoms with Gasteiger partial charge < -0.3 is 25.8 Å². The van der Waals surface area contributed by atoms with E-state index in [0.29, 0.717) is 42.1 Å². The van der Waals surface area contributed by atoms with E-state index in [4.69, 9.17) is 15.2 Å². The quantitative estimate of drug-likeness (QED) is 0.581. The Labute approximate surface area is 160 Å². The van der Waals surface area contributed by atoms with Gasteiger partial charge in [-0.1, -0.05) is 19.9 Å². The van der Waals surface area contributed by atoms with Gasteiger partial charge in [0.1, 0.15) is 5.82 Å². The lowest BCUT2D eigenvalue weighted by atomic mass is 10.1. The second-order valence-electron chi connectivity index (χ2n) is 6.65. The first-order valence-electron chi connectivity index (χ1n) is 9.04. The Bertz CT molecular complexity index is 733. The van der Waals surface area contributed by atoms with Crippen LogP contribution in [0.3, 0.4) is 0 Å². The van der Waals surface area contributed by atoms with Crippen LogP contribution in [-0.2, 0) is 6.54 Å². The molecule has 7 heteroatoms. The SMILES string of the molecule is COc1ccc(NC(=O)NCc2ccc(N)nc2)cc1OCCCC(C)C. The highest BCUT2D eigenvalue weighted by Gasteiger charge is 2.09. The van der Waals surface area contributed by atoms with Gasteiger partial charge in [0.2, 0.25) is 0 Å². The molecule has 0 aliphatic heterocycles. The fraction of sp³-hybridized carbons (Fsp3) is 0.400. The van der Waals surface area contributed by atoms with Crippen molar-refractivity contribution in [1.82, 2.24) is 10.3 Å². The lowest BCUT2D eigenvalue weighted by molar-refractivity contribution is 0.251. The number of amides is 2. The Morgan fingerprint density at radius 2 is 2.04 bits per heavy atom. The molecule has 0 saturated heterocycles. The van der Waals surface area contributed by atoms with Gasteiger partial charge in [-0.2, -0.15) is 0 Å². The van der Waals surface area contributed by atoms with Gasteiger partial charge in [0.15, 0.2) is 11.5 Å². The van der Waals surface area contributed by atoms with Crippen molar-refractivity contribution < 1.29 is 14.3 Å². The number of nitrogens with zero attached hydrogens (tertiary/aromatic N) is 1. The second-order valence-corrected chi connectivity index (χ2v) is 6.65. The maximum Gasteiger partial charge on any atom is 0.319 e. The van der Waals surface area contributed by atoms with Gasteiger partial charge in [-0.3, -0.25) is 0 Å². The number of nitrogens with one attached hydrogen (secondary N) is 2. The Morgan fingerprint density at radius 1 is 1.22 bits per heavy atom. The van der Waals surface area contributed by atoms with Crippen LogP contribution in [0.1, 0.15) is 32.3 Å². The van der Waals surface area contributed by atoms with Crippen molar-refractivity contribution in [3.8, 4) is 11.5 Å². The smallest absolute Gasteiger partial charge is 0.319 e. The maximum atomic E-state index is 12.1. The number of anilines is 2. The predicted molar refractivity (Wildman–Crippen MR) is 107 cm³/mol. The minimum absolute atomic E-state index is 0.317. The molecular weight excluding hydrogens is 344 g/mol. The van der Waals surface area contributed by atoms with E-state index in [2.05, 4.69) is 29.5 Å². The summed E-state index contributed by atoms with van der Waals surface area (Å²) in [7, 11) is 1.59. The summed E-state index contributed by atoms with van der Waals surface area (Å²) < 4.78 is 11.2. The molecule has 146 valence electrons. The van der Waals surface area contributed by atoms with Gasteiger partial charge in [0.05, 0.1) is 13.7 Å². The number of urea groups is 1. The molecule has 0 saturated carbocycles. The molecule has 0 aliphatic rings. The number of aromatic nitrogens is 1. The Kier molecular flexibility index (Phi) is 7.73. The minimum atomic E-state index is -0.317. The van der Waals surface area contributed by atoms with E-state index < -0.39 is 0 Å². The maximum absolute atomic E-state index is 12.1. The third-order valence-corrected chi connectivity index (χ3v) is 3.91. The highest BCUT2D eigenvalue weighted by Crippen LogP contribution is 2.30. The summed E-state index contributed by atoms with van der Waals surface area (Å²) in [5.74, 6) is 2.34. The number of hydrogen-bond acceptors (Lipinski definition) is 5. The van der Waals surface area contributed by atoms with Crippen molar-refractivity contribution in [2.75, 3.05) is 24.8 Å². The monoisotopic (exact) mass is 372 g/mol. The van der Waals surface area contributed by atoms with Crippen molar-refractivity contribution in [3.05, 3.63) is 42.1 Å². The molecule has 1 heterocycles. The molecule has 2 rings (SSSR count). The standard InChI is InChI=1S/C20H28N4O3/c1-14(2)5-4-10-27-18-11-16(7-8-17(18)26-3)24-20(25)23-13-15-6-9-19(21)22-12-15/h6-9,11-12,14H,4-5,10,13H2,1-3H3,(H2,21,22)(H2,23,24,25). The van der Waals surface area contributed by atoms with Gasteiger partial charge in [0, 0.05) is 24.5 Å². The number of nitrogens with two attached hydrogens (primary N) is 1. The molecule has 0 radical (unpaired) electrons. The van der Waals surface area contributed by atoms with Crippen LogP contribution in [0.2, 0.25) is 0 Å². The van der Waals surface area contributed by atoms with Gasteiger partial charge in [-0.05, 0) is 42.5 Å². The number of hydrogen-bond donors (Lipinski definition) is 3. The van der Waals surface area contributed by atoms with Crippen molar-refractivity contribution in [3.63, 3.8) is 0 Å². The van der Waals surface area contributed by atoms with Crippen LogP contribution in [0.5, 0.6) is 11.5 Å². The Balaban J connectivity index is 1.89. The number of benzene rings is 1. The van der Waals surface area contributed by atoms with E-state index >= 15 is 0 Å². The minimum Gasteiger partial charge on any atom is -0.493 e. The van der Waals surface area contributed by atoms with Crippen LogP contribution >= 0.6 is 0 Å². The zero-order valence-electron chi connectivity index (χ0n) is 16.1. The topological polar surface area (TPSA) is 98.5 Å². The van der Waals surface area contributed by atoms with E-state index in [1.165, 1.54) is 0 Å². The first-order valence-corrected chi connectivity index (χ1v) is 9.04. The molecule has 0 atom stereocenters. The summed E-state index contributed by atoms with van der Waals surface area (Å²) in [4.78, 5) is 16.1. The van der Waals surface area contributed by atoms with Crippen molar-refractivity contribution >= 4 is 17.5 Å². The number of methoxy groups -OCH3 is 1. The van der Waals surface area contributed by atoms with Gasteiger partial charge in [-0.25, -0.2) is 9.78 Å². The van der Waals surface area contributed by atoms with Gasteiger partial charge in [-0.15, -0.1) is 0 Å². The zero-order valence-corrected chi connectivity index (χ0v) is 16.1. The second kappa shape index (κ2) is 10.3. The molecule has 27 heavy (non-hydrogen) atoms. The van der Waals surface area contributed by atoms with Crippen LogP contribution in [0.15, 0.2) is 36.5 Å². The van der Waals surface area contributed by atoms with Crippen molar-refractivity contribution in [1.29, 1.82) is 0 Å². The molecule has 7 nitrogen and oxygen atoms in total. The van der Waals surface area contributed by atoms with Gasteiger partial charge >= 0.3 is 6.03 Å². The summed E-state index contributed by atoms with van der Waals surface area (Å²) in [5.41, 5.74) is 7.04. The van der Waals surface area contributed by atoms with E-state index in [9.17, 15) is 4.79 Å². The highest BCUT2D eigenvalue weighted by molar-refractivity contribution is 5.89. The van der Waals surface area contributed by atoms with Crippen molar-refractivity contribution in [2.45, 2.75) is 33.2 Å². The Morgan fingerprint density at radius 3 is 2.70 bits per heavy atom. The summed E-state index contributed by atoms with van der Waals surface area (Å²) in [5, 5.41) is 5.57. The van der Waals surface area contributed by atoms with Crippen LogP contribution in [0, 0.1) is 5.92 Å². The lowest BCUT2D eigenvalue weighted by Gasteiger charge is -2.14. The van der Waals surface area contributed by atoms with E-state index in [0.717, 1.165) is 18.4 Å². The molecule has 0 bridgehead atoms. The molecule has 1 aromatic carbocycles. The van der Waals surface area contributed by atoms with E-state index in [1.807, 2.05) is 6.07 Å². The lowest BCUT2D eigenvalue weighted by Crippen LogP contribution is -2.28. The summed E-state index contributed by atoms with van der Waals surface area (Å²) in [6.07, 6.45) is 3.70. The number of rotatable bonds is 9. The molecule has 2 amide bonds. The van der Waals surface area contributed by atoms with Crippen LogP contribution in [-0.4, -0.2) is 24.7 Å². The molecular formula is C20H28N4O3. The first-order chi connectivity index (χ1) is 13.0. The van der Waals surface area contributed by atoms with Crippen molar-refractivity contribution in [2.24, 2.45) is 5.92 Å². The van der Waals surface area contributed by atoms with E-state index in [1.54, 1.807) is 37.6 Å². The molecule has 1 aromatic heterocycles. The fourth-order valence-corrected chi connectivity index (χ4v) is 2.44. The van der Waals surface area contributed by atoms with Crippen LogP contribution < -0.4 is 25.8 Å². The highest BCUT2D eigenvalue weighted by atomic mass is 16.5. The molecule has 0 aliphatic carbocycles. The molecule has 0 unspecified atom stereocenters. The number of pyridine rings is 1. The molecule has 0 spiro atoms. The van der Waals surface area contributed by atoms with Gasteiger partial charge in [0.25, 0.3) is 0 Å². The predicted octanol–water partition coefficient (Wildman–Crippen LogP) is 3.81. The third kappa shape index (κ3) is 7.05. The number of carbonyl (C=O) groups is 1.